The molecule has 0 spiro atoms. The molecule has 1 fully saturated rings. The number of ether oxygens (including phenoxy) is 2. The molecule has 1 N–H and O–H groups in total. The molecule has 4 nitrogen and oxygen atoms in total. The predicted molar refractivity (Wildman–Crippen MR) is 80.6 cm³/mol. The van der Waals surface area contributed by atoms with E-state index in [4.69, 9.17) is 9.47 Å². The summed E-state index contributed by atoms with van der Waals surface area (Å²) in [7, 11) is 1.38. The fraction of sp³-hybridized carbons (Fsp3) is 0.462. The van der Waals surface area contributed by atoms with Gasteiger partial charge in [-0.1, -0.05) is 15.9 Å². The van der Waals surface area contributed by atoms with Crippen LogP contribution in [0.15, 0.2) is 21.1 Å². The zero-order chi connectivity index (χ0) is 13.8. The van der Waals surface area contributed by atoms with Crippen molar-refractivity contribution >= 4 is 43.5 Å². The Labute approximate surface area is 129 Å². The van der Waals surface area contributed by atoms with Gasteiger partial charge in [0.15, 0.2) is 0 Å². The number of esters is 1. The Morgan fingerprint density at radius 1 is 1.53 bits per heavy atom. The van der Waals surface area contributed by atoms with E-state index in [1.165, 1.54) is 7.11 Å². The van der Waals surface area contributed by atoms with E-state index >= 15 is 0 Å². The number of carbonyl (C=O) groups is 1. The quantitative estimate of drug-likeness (QED) is 0.797. The number of halogens is 2. The number of carbonyl (C=O) groups excluding carboxylic acids is 1. The Hall–Kier alpha value is -0.590. The fourth-order valence-corrected chi connectivity index (χ4v) is 3.38. The van der Waals surface area contributed by atoms with Crippen molar-refractivity contribution in [2.24, 2.45) is 5.92 Å². The van der Waals surface area contributed by atoms with Crippen LogP contribution in [0.5, 0.6) is 0 Å². The van der Waals surface area contributed by atoms with Gasteiger partial charge in [-0.05, 0) is 34.5 Å². The van der Waals surface area contributed by atoms with Gasteiger partial charge in [0.2, 0.25) is 0 Å². The topological polar surface area (TPSA) is 47.6 Å². The number of nitrogens with one attached hydrogen (secondary N) is 1. The van der Waals surface area contributed by atoms with Crippen molar-refractivity contribution in [3.8, 4) is 0 Å². The summed E-state index contributed by atoms with van der Waals surface area (Å²) in [4.78, 5) is 11.8. The summed E-state index contributed by atoms with van der Waals surface area (Å²) in [6.45, 7) is 2.37. The monoisotopic (exact) mass is 391 g/mol. The third kappa shape index (κ3) is 3.70. The summed E-state index contributed by atoms with van der Waals surface area (Å²) in [6, 6.07) is 3.66. The van der Waals surface area contributed by atoms with Gasteiger partial charge in [0.05, 0.1) is 25.0 Å². The maximum atomic E-state index is 11.8. The highest BCUT2D eigenvalue weighted by atomic mass is 79.9. The molecule has 1 unspecified atom stereocenters. The number of anilines is 1. The molecule has 1 aliphatic rings. The molecular weight excluding hydrogens is 378 g/mol. The number of hydrogen-bond donors (Lipinski definition) is 1. The van der Waals surface area contributed by atoms with Gasteiger partial charge in [0.1, 0.15) is 0 Å². The Morgan fingerprint density at radius 3 is 2.95 bits per heavy atom. The van der Waals surface area contributed by atoms with Gasteiger partial charge < -0.3 is 14.8 Å². The lowest BCUT2D eigenvalue weighted by atomic mass is 10.1. The fourth-order valence-electron chi connectivity index (χ4n) is 2.01. The molecule has 0 amide bonds. The van der Waals surface area contributed by atoms with E-state index in [0.717, 1.165) is 40.8 Å². The molecule has 1 heterocycles. The first kappa shape index (κ1) is 14.8. The first-order valence-electron chi connectivity index (χ1n) is 6.00. The van der Waals surface area contributed by atoms with Crippen molar-refractivity contribution in [3.05, 3.63) is 26.6 Å². The molecule has 1 aromatic carbocycles. The van der Waals surface area contributed by atoms with E-state index in [2.05, 4.69) is 37.2 Å². The van der Waals surface area contributed by atoms with Crippen molar-refractivity contribution in [2.75, 3.05) is 32.2 Å². The smallest absolute Gasteiger partial charge is 0.340 e. The third-order valence-electron chi connectivity index (χ3n) is 3.05. The largest absolute Gasteiger partial charge is 0.465 e. The second kappa shape index (κ2) is 6.72. The summed E-state index contributed by atoms with van der Waals surface area (Å²) in [5, 5.41) is 3.32. The highest BCUT2D eigenvalue weighted by Gasteiger charge is 2.19. The molecule has 19 heavy (non-hydrogen) atoms. The normalized spacial score (nSPS) is 18.4. The lowest BCUT2D eigenvalue weighted by Crippen LogP contribution is -2.17. The first-order valence-corrected chi connectivity index (χ1v) is 7.59. The molecule has 0 bridgehead atoms. The zero-order valence-corrected chi connectivity index (χ0v) is 13.7. The molecule has 0 radical (unpaired) electrons. The minimum Gasteiger partial charge on any atom is -0.465 e. The SMILES string of the molecule is COC(=O)c1cc(Br)cc(Br)c1NCC1CCOC1. The van der Waals surface area contributed by atoms with Crippen LogP contribution in [0.25, 0.3) is 0 Å². The van der Waals surface area contributed by atoms with Gasteiger partial charge in [-0.15, -0.1) is 0 Å². The Kier molecular flexibility index (Phi) is 5.24. The minimum atomic E-state index is -0.354. The van der Waals surface area contributed by atoms with Crippen LogP contribution in [-0.2, 0) is 9.47 Å². The Bertz CT molecular complexity index is 473. The van der Waals surface area contributed by atoms with Crippen LogP contribution in [0.3, 0.4) is 0 Å². The van der Waals surface area contributed by atoms with Gasteiger partial charge in [-0.25, -0.2) is 4.79 Å². The lowest BCUT2D eigenvalue weighted by Gasteiger charge is -2.15. The third-order valence-corrected chi connectivity index (χ3v) is 4.14. The summed E-state index contributed by atoms with van der Waals surface area (Å²) in [5.74, 6) is 0.133. The van der Waals surface area contributed by atoms with E-state index in [0.29, 0.717) is 11.5 Å². The van der Waals surface area contributed by atoms with Crippen LogP contribution < -0.4 is 5.32 Å². The van der Waals surface area contributed by atoms with Gasteiger partial charge >= 0.3 is 5.97 Å². The highest BCUT2D eigenvalue weighted by Crippen LogP contribution is 2.31. The molecule has 6 heteroatoms. The average Bonchev–Trinajstić information content (AvgIpc) is 2.89. The van der Waals surface area contributed by atoms with Crippen molar-refractivity contribution in [3.63, 3.8) is 0 Å². The van der Waals surface area contributed by atoms with Crippen molar-refractivity contribution in [1.82, 2.24) is 0 Å². The molecule has 2 rings (SSSR count). The number of methoxy groups -OCH3 is 1. The van der Waals surface area contributed by atoms with Gasteiger partial charge in [-0.3, -0.25) is 0 Å². The van der Waals surface area contributed by atoms with E-state index in [9.17, 15) is 4.79 Å². The number of hydrogen-bond acceptors (Lipinski definition) is 4. The van der Waals surface area contributed by atoms with E-state index < -0.39 is 0 Å². The standard InChI is InChI=1S/C13H15Br2NO3/c1-18-13(17)10-4-9(14)5-11(15)12(10)16-6-8-2-3-19-7-8/h4-5,8,16H,2-3,6-7H2,1H3. The Balaban J connectivity index is 2.19. The minimum absolute atomic E-state index is 0.354. The van der Waals surface area contributed by atoms with E-state index in [1.807, 2.05) is 6.07 Å². The predicted octanol–water partition coefficient (Wildman–Crippen LogP) is 3.45. The summed E-state index contributed by atoms with van der Waals surface area (Å²) in [5.41, 5.74) is 1.28. The maximum absolute atomic E-state index is 11.8. The molecule has 0 saturated carbocycles. The molecule has 1 aromatic rings. The van der Waals surface area contributed by atoms with Crippen LogP contribution in [-0.4, -0.2) is 32.8 Å². The molecule has 0 aliphatic carbocycles. The van der Waals surface area contributed by atoms with E-state index in [-0.39, 0.29) is 5.97 Å². The molecule has 1 atom stereocenters. The van der Waals surface area contributed by atoms with Crippen LogP contribution in [0.2, 0.25) is 0 Å². The molecule has 1 aliphatic heterocycles. The average molecular weight is 393 g/mol. The molecular formula is C13H15Br2NO3. The van der Waals surface area contributed by atoms with E-state index in [1.54, 1.807) is 6.07 Å². The second-order valence-electron chi connectivity index (χ2n) is 4.41. The maximum Gasteiger partial charge on any atom is 0.340 e. The number of rotatable bonds is 4. The Morgan fingerprint density at radius 2 is 2.32 bits per heavy atom. The number of benzene rings is 1. The summed E-state index contributed by atoms with van der Waals surface area (Å²) < 4.78 is 11.8. The van der Waals surface area contributed by atoms with Gasteiger partial charge in [0.25, 0.3) is 0 Å². The van der Waals surface area contributed by atoms with Crippen LogP contribution in [0.1, 0.15) is 16.8 Å². The van der Waals surface area contributed by atoms with Crippen molar-refractivity contribution < 1.29 is 14.3 Å². The molecule has 1 saturated heterocycles. The lowest BCUT2D eigenvalue weighted by molar-refractivity contribution is 0.0601. The van der Waals surface area contributed by atoms with Crippen molar-refractivity contribution in [1.29, 1.82) is 0 Å². The summed E-state index contributed by atoms with van der Waals surface area (Å²) in [6.07, 6.45) is 1.05. The highest BCUT2D eigenvalue weighted by molar-refractivity contribution is 9.11. The van der Waals surface area contributed by atoms with Crippen molar-refractivity contribution in [2.45, 2.75) is 6.42 Å². The summed E-state index contributed by atoms with van der Waals surface area (Å²) >= 11 is 6.85. The molecule has 104 valence electrons. The van der Waals surface area contributed by atoms with Crippen LogP contribution >= 0.6 is 31.9 Å². The first-order chi connectivity index (χ1) is 9.11. The second-order valence-corrected chi connectivity index (χ2v) is 6.18. The van der Waals surface area contributed by atoms with Crippen LogP contribution in [0.4, 0.5) is 5.69 Å². The molecule has 0 aromatic heterocycles. The van der Waals surface area contributed by atoms with Crippen LogP contribution in [0, 0.1) is 5.92 Å². The van der Waals surface area contributed by atoms with Gasteiger partial charge in [-0.2, -0.15) is 0 Å². The zero-order valence-electron chi connectivity index (χ0n) is 10.5. The van der Waals surface area contributed by atoms with Gasteiger partial charge in [0, 0.05) is 28.0 Å².